The SMILES string of the molecule is Cn1cc(S(=O)(=O)NC[C@H](O)c2cn(C)c3ccccc23)cn1. The number of benzene rings is 1. The van der Waals surface area contributed by atoms with Crippen molar-refractivity contribution in [3.63, 3.8) is 0 Å². The molecule has 0 aliphatic carbocycles. The summed E-state index contributed by atoms with van der Waals surface area (Å²) in [6.07, 6.45) is 3.56. The van der Waals surface area contributed by atoms with Crippen LogP contribution in [0.4, 0.5) is 0 Å². The Hall–Kier alpha value is -2.16. The number of aliphatic hydroxyl groups excluding tert-OH is 1. The maximum Gasteiger partial charge on any atom is 0.243 e. The van der Waals surface area contributed by atoms with Gasteiger partial charge in [0.2, 0.25) is 10.0 Å². The van der Waals surface area contributed by atoms with E-state index in [9.17, 15) is 13.5 Å². The van der Waals surface area contributed by atoms with Gasteiger partial charge in [0.05, 0.1) is 12.3 Å². The lowest BCUT2D eigenvalue weighted by atomic mass is 10.1. The summed E-state index contributed by atoms with van der Waals surface area (Å²) in [5.41, 5.74) is 1.67. The van der Waals surface area contributed by atoms with Gasteiger partial charge in [-0.3, -0.25) is 4.68 Å². The molecule has 3 rings (SSSR count). The average Bonchev–Trinajstić information content (AvgIpc) is 3.10. The summed E-state index contributed by atoms with van der Waals surface area (Å²) in [6.45, 7) is -0.106. The lowest BCUT2D eigenvalue weighted by Gasteiger charge is -2.11. The normalized spacial score (nSPS) is 13.5. The van der Waals surface area contributed by atoms with Gasteiger partial charge < -0.3 is 9.67 Å². The summed E-state index contributed by atoms with van der Waals surface area (Å²) in [6, 6.07) is 7.66. The van der Waals surface area contributed by atoms with Crippen LogP contribution in [0, 0.1) is 0 Å². The van der Waals surface area contributed by atoms with E-state index < -0.39 is 16.1 Å². The molecule has 0 spiro atoms. The fourth-order valence-electron chi connectivity index (χ4n) is 2.56. The Labute approximate surface area is 134 Å². The second kappa shape index (κ2) is 5.80. The second-order valence-electron chi connectivity index (χ2n) is 5.43. The second-order valence-corrected chi connectivity index (χ2v) is 7.20. The molecule has 0 aliphatic heterocycles. The molecule has 0 aliphatic rings. The van der Waals surface area contributed by atoms with Gasteiger partial charge >= 0.3 is 0 Å². The number of hydrogen-bond donors (Lipinski definition) is 2. The highest BCUT2D eigenvalue weighted by Crippen LogP contribution is 2.25. The van der Waals surface area contributed by atoms with E-state index in [0.29, 0.717) is 5.56 Å². The van der Waals surface area contributed by atoms with Gasteiger partial charge in [0.15, 0.2) is 0 Å². The van der Waals surface area contributed by atoms with Crippen LogP contribution in [0.3, 0.4) is 0 Å². The van der Waals surface area contributed by atoms with Crippen molar-refractivity contribution in [2.45, 2.75) is 11.0 Å². The van der Waals surface area contributed by atoms with Crippen molar-refractivity contribution in [2.75, 3.05) is 6.54 Å². The van der Waals surface area contributed by atoms with Gasteiger partial charge in [-0.2, -0.15) is 5.10 Å². The maximum absolute atomic E-state index is 12.2. The molecular formula is C15H18N4O3S. The number of nitrogens with zero attached hydrogens (tertiary/aromatic N) is 3. The van der Waals surface area contributed by atoms with E-state index in [0.717, 1.165) is 10.9 Å². The molecule has 2 aromatic heterocycles. The van der Waals surface area contributed by atoms with Gasteiger partial charge in [-0.25, -0.2) is 13.1 Å². The van der Waals surface area contributed by atoms with Crippen LogP contribution >= 0.6 is 0 Å². The molecule has 0 radical (unpaired) electrons. The van der Waals surface area contributed by atoms with Crippen LogP contribution in [0.15, 0.2) is 47.8 Å². The minimum Gasteiger partial charge on any atom is -0.387 e. The van der Waals surface area contributed by atoms with E-state index in [1.165, 1.54) is 17.1 Å². The molecule has 3 aromatic rings. The molecule has 8 heteroatoms. The van der Waals surface area contributed by atoms with Crippen molar-refractivity contribution in [1.29, 1.82) is 0 Å². The van der Waals surface area contributed by atoms with E-state index in [4.69, 9.17) is 0 Å². The average molecular weight is 334 g/mol. The van der Waals surface area contributed by atoms with Crippen LogP contribution < -0.4 is 4.72 Å². The van der Waals surface area contributed by atoms with E-state index in [-0.39, 0.29) is 11.4 Å². The van der Waals surface area contributed by atoms with Gasteiger partial charge in [-0.05, 0) is 6.07 Å². The Bertz CT molecular complexity index is 943. The van der Waals surface area contributed by atoms with E-state index >= 15 is 0 Å². The van der Waals surface area contributed by atoms with Gasteiger partial charge in [0.25, 0.3) is 0 Å². The zero-order valence-electron chi connectivity index (χ0n) is 12.8. The molecular weight excluding hydrogens is 316 g/mol. The first-order chi connectivity index (χ1) is 10.9. The zero-order chi connectivity index (χ0) is 16.6. The van der Waals surface area contributed by atoms with E-state index in [1.807, 2.05) is 42.1 Å². The summed E-state index contributed by atoms with van der Waals surface area (Å²) in [5, 5.41) is 15.1. The molecule has 122 valence electrons. The van der Waals surface area contributed by atoms with Crippen molar-refractivity contribution < 1.29 is 13.5 Å². The summed E-state index contributed by atoms with van der Waals surface area (Å²) in [7, 11) is -0.159. The number of aromatic nitrogens is 3. The molecule has 0 amide bonds. The number of fused-ring (bicyclic) bond motifs is 1. The number of rotatable bonds is 5. The van der Waals surface area contributed by atoms with Crippen LogP contribution in [-0.2, 0) is 24.1 Å². The van der Waals surface area contributed by atoms with Crippen molar-refractivity contribution in [1.82, 2.24) is 19.1 Å². The van der Waals surface area contributed by atoms with Gasteiger partial charge in [-0.1, -0.05) is 18.2 Å². The van der Waals surface area contributed by atoms with Crippen molar-refractivity contribution in [3.8, 4) is 0 Å². The molecule has 2 N–H and O–H groups in total. The molecule has 0 saturated heterocycles. The van der Waals surface area contributed by atoms with Crippen molar-refractivity contribution in [3.05, 3.63) is 48.4 Å². The minimum absolute atomic E-state index is 0.0742. The third-order valence-electron chi connectivity index (χ3n) is 3.74. The van der Waals surface area contributed by atoms with Gasteiger partial charge in [0.1, 0.15) is 4.90 Å². The smallest absolute Gasteiger partial charge is 0.243 e. The third kappa shape index (κ3) is 3.00. The first kappa shape index (κ1) is 15.7. The first-order valence-electron chi connectivity index (χ1n) is 7.09. The molecule has 0 bridgehead atoms. The first-order valence-corrected chi connectivity index (χ1v) is 8.57. The maximum atomic E-state index is 12.2. The highest BCUT2D eigenvalue weighted by molar-refractivity contribution is 7.89. The van der Waals surface area contributed by atoms with Crippen molar-refractivity contribution in [2.24, 2.45) is 14.1 Å². The lowest BCUT2D eigenvalue weighted by molar-refractivity contribution is 0.183. The van der Waals surface area contributed by atoms with Crippen LogP contribution in [-0.4, -0.2) is 34.4 Å². The minimum atomic E-state index is -3.69. The Morgan fingerprint density at radius 2 is 2.00 bits per heavy atom. The number of sulfonamides is 1. The molecule has 0 saturated carbocycles. The van der Waals surface area contributed by atoms with Crippen molar-refractivity contribution >= 4 is 20.9 Å². The quantitative estimate of drug-likeness (QED) is 0.726. The molecule has 23 heavy (non-hydrogen) atoms. The van der Waals surface area contributed by atoms with Gasteiger partial charge in [0, 0.05) is 49.5 Å². The van der Waals surface area contributed by atoms with Crippen LogP contribution in [0.2, 0.25) is 0 Å². The van der Waals surface area contributed by atoms with E-state index in [2.05, 4.69) is 9.82 Å². The Kier molecular flexibility index (Phi) is 3.97. The van der Waals surface area contributed by atoms with Crippen LogP contribution in [0.5, 0.6) is 0 Å². The lowest BCUT2D eigenvalue weighted by Crippen LogP contribution is -2.28. The molecule has 0 unspecified atom stereocenters. The van der Waals surface area contributed by atoms with Gasteiger partial charge in [-0.15, -0.1) is 0 Å². The topological polar surface area (TPSA) is 89.1 Å². The number of aryl methyl sites for hydroxylation is 2. The summed E-state index contributed by atoms with van der Waals surface area (Å²) < 4.78 is 30.1. The Morgan fingerprint density at radius 3 is 2.70 bits per heavy atom. The van der Waals surface area contributed by atoms with E-state index in [1.54, 1.807) is 7.05 Å². The number of nitrogens with one attached hydrogen (secondary N) is 1. The molecule has 1 aromatic carbocycles. The monoisotopic (exact) mass is 334 g/mol. The van der Waals surface area contributed by atoms with Crippen LogP contribution in [0.25, 0.3) is 10.9 Å². The highest BCUT2D eigenvalue weighted by Gasteiger charge is 2.20. The number of hydrogen-bond acceptors (Lipinski definition) is 4. The third-order valence-corrected chi connectivity index (χ3v) is 5.12. The molecule has 2 heterocycles. The summed E-state index contributed by atoms with van der Waals surface area (Å²) >= 11 is 0. The fourth-order valence-corrected chi connectivity index (χ4v) is 3.58. The number of aliphatic hydroxyl groups is 1. The highest BCUT2D eigenvalue weighted by atomic mass is 32.2. The molecule has 1 atom stereocenters. The Morgan fingerprint density at radius 1 is 1.26 bits per heavy atom. The summed E-state index contributed by atoms with van der Waals surface area (Å²) in [4.78, 5) is 0.0742. The Balaban J connectivity index is 1.80. The zero-order valence-corrected chi connectivity index (χ0v) is 13.7. The molecule has 7 nitrogen and oxygen atoms in total. The van der Waals surface area contributed by atoms with Crippen LogP contribution in [0.1, 0.15) is 11.7 Å². The largest absolute Gasteiger partial charge is 0.387 e. The standard InChI is InChI=1S/C15H18N4O3S/c1-18-10-13(12-5-3-4-6-14(12)18)15(20)8-17-23(21,22)11-7-16-19(2)9-11/h3-7,9-10,15,17,20H,8H2,1-2H3/t15-/m0/s1. The predicted octanol–water partition coefficient (Wildman–Crippen LogP) is 0.924. The number of para-hydroxylation sites is 1. The predicted molar refractivity (Wildman–Crippen MR) is 86.3 cm³/mol. The fraction of sp³-hybridized carbons (Fsp3) is 0.267. The summed E-state index contributed by atoms with van der Waals surface area (Å²) in [5.74, 6) is 0. The molecule has 0 fully saturated rings.